The number of carboxylic acids is 1. The van der Waals surface area contributed by atoms with E-state index in [2.05, 4.69) is 0 Å². The minimum atomic E-state index is -0.958. The molecule has 1 unspecified atom stereocenters. The van der Waals surface area contributed by atoms with Crippen LogP contribution in [-0.2, 0) is 16.1 Å². The van der Waals surface area contributed by atoms with Crippen LogP contribution in [0, 0.1) is 5.92 Å². The first-order valence-electron chi connectivity index (χ1n) is 6.69. The second-order valence-electron chi connectivity index (χ2n) is 5.15. The minimum absolute atomic E-state index is 0.0742. The number of carbonyl (C=O) groups excluding carboxylic acids is 2. The molecule has 6 heteroatoms. The Morgan fingerprint density at radius 1 is 1.33 bits per heavy atom. The van der Waals surface area contributed by atoms with Crippen LogP contribution >= 0.6 is 11.8 Å². The van der Waals surface area contributed by atoms with Crippen molar-refractivity contribution >= 4 is 28.8 Å². The molecule has 1 aromatic carbocycles. The maximum atomic E-state index is 11.9. The van der Waals surface area contributed by atoms with Crippen molar-refractivity contribution in [2.75, 3.05) is 12.3 Å². The fraction of sp³-hybridized carbons (Fsp3) is 0.400. The molecule has 0 aliphatic carbocycles. The fourth-order valence-electron chi connectivity index (χ4n) is 2.33. The number of nitrogens with zero attached hydrogens (tertiary/aromatic N) is 1. The normalized spacial score (nSPS) is 18.0. The van der Waals surface area contributed by atoms with Gasteiger partial charge in [0.15, 0.2) is 5.12 Å². The Balaban J connectivity index is 1.92. The summed E-state index contributed by atoms with van der Waals surface area (Å²) >= 11 is 1.26. The summed E-state index contributed by atoms with van der Waals surface area (Å²) in [5.74, 6) is 0.0199. The molecular formula is C15H17NO4S. The van der Waals surface area contributed by atoms with Gasteiger partial charge in [0.25, 0.3) is 0 Å². The highest BCUT2D eigenvalue weighted by atomic mass is 32.2. The number of hydrogen-bond acceptors (Lipinski definition) is 4. The molecule has 112 valence electrons. The summed E-state index contributed by atoms with van der Waals surface area (Å²) < 4.78 is 0. The average molecular weight is 307 g/mol. The van der Waals surface area contributed by atoms with Crippen LogP contribution in [0.4, 0.5) is 0 Å². The largest absolute Gasteiger partial charge is 0.478 e. The van der Waals surface area contributed by atoms with Crippen LogP contribution in [0.15, 0.2) is 24.3 Å². The van der Waals surface area contributed by atoms with Gasteiger partial charge < -0.3 is 10.0 Å². The molecule has 1 atom stereocenters. The molecule has 5 nitrogen and oxygen atoms in total. The lowest BCUT2D eigenvalue weighted by molar-refractivity contribution is -0.128. The van der Waals surface area contributed by atoms with Crippen LogP contribution in [0.3, 0.4) is 0 Å². The maximum Gasteiger partial charge on any atom is 0.335 e. The Kier molecular flexibility index (Phi) is 5.01. The van der Waals surface area contributed by atoms with Gasteiger partial charge in [-0.15, -0.1) is 0 Å². The molecule has 0 aromatic heterocycles. The van der Waals surface area contributed by atoms with Crippen molar-refractivity contribution in [1.82, 2.24) is 4.90 Å². The number of thioether (sulfide) groups is 1. The lowest BCUT2D eigenvalue weighted by Gasteiger charge is -2.16. The Morgan fingerprint density at radius 2 is 2.00 bits per heavy atom. The van der Waals surface area contributed by atoms with Crippen molar-refractivity contribution in [2.24, 2.45) is 5.92 Å². The molecule has 1 aromatic rings. The average Bonchev–Trinajstić information content (AvgIpc) is 2.78. The number of amides is 1. The molecule has 0 saturated carbocycles. The van der Waals surface area contributed by atoms with E-state index >= 15 is 0 Å². The quantitative estimate of drug-likeness (QED) is 0.900. The maximum absolute atomic E-state index is 11.9. The van der Waals surface area contributed by atoms with Crippen molar-refractivity contribution in [3.63, 3.8) is 0 Å². The Morgan fingerprint density at radius 3 is 2.57 bits per heavy atom. The van der Waals surface area contributed by atoms with E-state index in [0.29, 0.717) is 25.3 Å². The van der Waals surface area contributed by atoms with Gasteiger partial charge in [-0.1, -0.05) is 23.9 Å². The molecule has 21 heavy (non-hydrogen) atoms. The number of rotatable bonds is 5. The first kappa shape index (κ1) is 15.6. The van der Waals surface area contributed by atoms with Crippen LogP contribution in [0.25, 0.3) is 0 Å². The third-order valence-corrected chi connectivity index (χ3v) is 4.44. The highest BCUT2D eigenvalue weighted by Crippen LogP contribution is 2.24. The highest BCUT2D eigenvalue weighted by Gasteiger charge is 2.29. The van der Waals surface area contributed by atoms with Crippen molar-refractivity contribution in [2.45, 2.75) is 19.9 Å². The first-order valence-corrected chi connectivity index (χ1v) is 7.67. The molecule has 0 bridgehead atoms. The van der Waals surface area contributed by atoms with E-state index in [4.69, 9.17) is 5.11 Å². The zero-order chi connectivity index (χ0) is 15.4. The molecule has 1 saturated heterocycles. The summed E-state index contributed by atoms with van der Waals surface area (Å²) in [4.78, 5) is 35.5. The molecule has 1 heterocycles. The predicted octanol–water partition coefficient (Wildman–Crippen LogP) is 2.01. The van der Waals surface area contributed by atoms with Gasteiger partial charge in [-0.25, -0.2) is 4.79 Å². The third kappa shape index (κ3) is 4.32. The molecule has 1 aliphatic heterocycles. The van der Waals surface area contributed by atoms with Gasteiger partial charge in [-0.05, 0) is 23.6 Å². The van der Waals surface area contributed by atoms with Crippen LogP contribution in [0.1, 0.15) is 29.3 Å². The standard InChI is InChI=1S/C15H17NO4S/c1-10(17)21-9-12-6-14(18)16(8-12)7-11-2-4-13(5-3-11)15(19)20/h2-5,12H,6-9H2,1H3,(H,19,20). The van der Waals surface area contributed by atoms with E-state index in [-0.39, 0.29) is 22.5 Å². The van der Waals surface area contributed by atoms with Crippen LogP contribution in [0.2, 0.25) is 0 Å². The Hall–Kier alpha value is -1.82. The molecule has 1 amide bonds. The summed E-state index contributed by atoms with van der Waals surface area (Å²) in [5, 5.41) is 8.92. The summed E-state index contributed by atoms with van der Waals surface area (Å²) in [6.45, 7) is 2.67. The Bertz CT molecular complexity index is 555. The van der Waals surface area contributed by atoms with Gasteiger partial charge in [0, 0.05) is 32.2 Å². The van der Waals surface area contributed by atoms with Gasteiger partial charge in [-0.2, -0.15) is 0 Å². The van der Waals surface area contributed by atoms with E-state index in [1.807, 2.05) is 0 Å². The number of carbonyl (C=O) groups is 3. The topological polar surface area (TPSA) is 74.7 Å². The number of likely N-dealkylation sites (tertiary alicyclic amines) is 1. The molecule has 0 spiro atoms. The van der Waals surface area contributed by atoms with Gasteiger partial charge >= 0.3 is 5.97 Å². The second kappa shape index (κ2) is 6.76. The summed E-state index contributed by atoms with van der Waals surface area (Å²) in [6, 6.07) is 6.55. The van der Waals surface area contributed by atoms with E-state index < -0.39 is 5.97 Å². The van der Waals surface area contributed by atoms with E-state index in [1.54, 1.807) is 29.2 Å². The highest BCUT2D eigenvalue weighted by molar-refractivity contribution is 8.13. The molecule has 1 aliphatic rings. The minimum Gasteiger partial charge on any atom is -0.478 e. The second-order valence-corrected chi connectivity index (χ2v) is 6.35. The van der Waals surface area contributed by atoms with Crippen LogP contribution in [0.5, 0.6) is 0 Å². The van der Waals surface area contributed by atoms with Gasteiger partial charge in [0.1, 0.15) is 0 Å². The van der Waals surface area contributed by atoms with Crippen molar-refractivity contribution < 1.29 is 19.5 Å². The molecule has 1 fully saturated rings. The van der Waals surface area contributed by atoms with Crippen molar-refractivity contribution in [3.05, 3.63) is 35.4 Å². The number of aromatic carboxylic acids is 1. The lowest BCUT2D eigenvalue weighted by Crippen LogP contribution is -2.24. The molecular weight excluding hydrogens is 290 g/mol. The molecule has 2 rings (SSSR count). The zero-order valence-electron chi connectivity index (χ0n) is 11.7. The van der Waals surface area contributed by atoms with Crippen LogP contribution < -0.4 is 0 Å². The summed E-state index contributed by atoms with van der Waals surface area (Å²) in [6.07, 6.45) is 0.480. The summed E-state index contributed by atoms with van der Waals surface area (Å²) in [5.41, 5.74) is 1.15. The smallest absolute Gasteiger partial charge is 0.335 e. The lowest BCUT2D eigenvalue weighted by atomic mass is 10.1. The first-order chi connectivity index (χ1) is 9.95. The monoisotopic (exact) mass is 307 g/mol. The van der Waals surface area contributed by atoms with E-state index in [1.165, 1.54) is 18.7 Å². The zero-order valence-corrected chi connectivity index (χ0v) is 12.6. The number of benzene rings is 1. The van der Waals surface area contributed by atoms with E-state index in [9.17, 15) is 14.4 Å². The SMILES string of the molecule is CC(=O)SCC1CC(=O)N(Cc2ccc(C(=O)O)cc2)C1. The van der Waals surface area contributed by atoms with Gasteiger partial charge in [-0.3, -0.25) is 9.59 Å². The predicted molar refractivity (Wildman–Crippen MR) is 80.1 cm³/mol. The summed E-state index contributed by atoms with van der Waals surface area (Å²) in [7, 11) is 0. The molecule has 1 N–H and O–H groups in total. The van der Waals surface area contributed by atoms with Crippen LogP contribution in [-0.4, -0.2) is 39.3 Å². The van der Waals surface area contributed by atoms with Gasteiger partial charge in [0.05, 0.1) is 5.56 Å². The van der Waals surface area contributed by atoms with Crippen molar-refractivity contribution in [1.29, 1.82) is 0 Å². The number of carboxylic acid groups (broad SMARTS) is 1. The fourth-order valence-corrected chi connectivity index (χ4v) is 3.02. The van der Waals surface area contributed by atoms with Crippen molar-refractivity contribution in [3.8, 4) is 0 Å². The molecule has 0 radical (unpaired) electrons. The number of hydrogen-bond donors (Lipinski definition) is 1. The Labute approximate surface area is 127 Å². The van der Waals surface area contributed by atoms with E-state index in [0.717, 1.165) is 5.56 Å². The van der Waals surface area contributed by atoms with Gasteiger partial charge in [0.2, 0.25) is 5.91 Å². The third-order valence-electron chi connectivity index (χ3n) is 3.39.